The maximum Gasteiger partial charge on any atom is 0.307 e. The molecule has 8 heteroatoms. The highest BCUT2D eigenvalue weighted by atomic mass is 19.1. The Morgan fingerprint density at radius 2 is 2.19 bits per heavy atom. The van der Waals surface area contributed by atoms with Crippen molar-refractivity contribution in [3.8, 4) is 5.75 Å². The molecule has 0 unspecified atom stereocenters. The number of ether oxygens (including phenoxy) is 1. The van der Waals surface area contributed by atoms with Gasteiger partial charge >= 0.3 is 5.91 Å². The summed E-state index contributed by atoms with van der Waals surface area (Å²) in [6.07, 6.45) is 1.21. The van der Waals surface area contributed by atoms with E-state index < -0.39 is 11.9 Å². The Kier molecular flexibility index (Phi) is 5.35. The zero-order valence-corrected chi connectivity index (χ0v) is 15.2. The number of hydrazone groups is 1. The summed E-state index contributed by atoms with van der Waals surface area (Å²) in [7, 11) is 1.49. The minimum absolute atomic E-state index is 0.0818. The number of nitrogens with one attached hydrogen (secondary N) is 1. The van der Waals surface area contributed by atoms with Crippen molar-refractivity contribution in [3.63, 3.8) is 0 Å². The number of hydrogen-bond donors (Lipinski definition) is 1. The van der Waals surface area contributed by atoms with Gasteiger partial charge in [0.25, 0.3) is 0 Å². The molecule has 3 aromatic rings. The molecule has 3 rings (SSSR count). The Morgan fingerprint density at radius 1 is 1.37 bits per heavy atom. The highest BCUT2D eigenvalue weighted by Crippen LogP contribution is 2.16. The number of rotatable bonds is 6. The molecule has 0 aliphatic carbocycles. The summed E-state index contributed by atoms with van der Waals surface area (Å²) in [5.41, 5.74) is 4.07. The fourth-order valence-electron chi connectivity index (χ4n) is 2.44. The van der Waals surface area contributed by atoms with Gasteiger partial charge in [-0.15, -0.1) is 0 Å². The van der Waals surface area contributed by atoms with Crippen LogP contribution >= 0.6 is 0 Å². The van der Waals surface area contributed by atoms with Gasteiger partial charge in [-0.25, -0.2) is 10.1 Å². The molecule has 0 saturated carbocycles. The lowest BCUT2D eigenvalue weighted by molar-refractivity contribution is 0.0923. The van der Waals surface area contributed by atoms with Gasteiger partial charge in [-0.1, -0.05) is 12.1 Å². The maximum absolute atomic E-state index is 13.8. The van der Waals surface area contributed by atoms with Crippen LogP contribution in [0.25, 0.3) is 0 Å². The number of carbonyl (C=O) groups is 1. The second-order valence-corrected chi connectivity index (χ2v) is 5.98. The molecule has 0 fully saturated rings. The van der Waals surface area contributed by atoms with Crippen LogP contribution in [0.2, 0.25) is 0 Å². The maximum atomic E-state index is 13.8. The molecule has 0 saturated heterocycles. The molecule has 2 aromatic heterocycles. The zero-order chi connectivity index (χ0) is 19.4. The summed E-state index contributed by atoms with van der Waals surface area (Å²) < 4.78 is 26.0. The van der Waals surface area contributed by atoms with E-state index in [-0.39, 0.29) is 17.9 Å². The lowest BCUT2D eigenvalue weighted by Crippen LogP contribution is -2.17. The monoisotopic (exact) mass is 370 g/mol. The second-order valence-electron chi connectivity index (χ2n) is 5.98. The number of halogens is 1. The molecular formula is C19H19FN4O3. The molecule has 0 aliphatic heterocycles. The number of carbonyl (C=O) groups excluding carboxylic acids is 1. The van der Waals surface area contributed by atoms with Crippen molar-refractivity contribution in [1.82, 2.24) is 15.2 Å². The third-order valence-corrected chi connectivity index (χ3v) is 3.81. The van der Waals surface area contributed by atoms with Crippen molar-refractivity contribution in [3.05, 3.63) is 70.7 Å². The molecule has 0 aliphatic rings. The van der Waals surface area contributed by atoms with Gasteiger partial charge in [-0.3, -0.25) is 4.79 Å². The Morgan fingerprint density at radius 3 is 2.89 bits per heavy atom. The van der Waals surface area contributed by atoms with Crippen molar-refractivity contribution >= 4 is 12.1 Å². The fourth-order valence-corrected chi connectivity index (χ4v) is 2.44. The summed E-state index contributed by atoms with van der Waals surface area (Å²) in [6.45, 7) is 3.82. The first-order chi connectivity index (χ1) is 12.9. The quantitative estimate of drug-likeness (QED) is 0.534. The Bertz CT molecular complexity index is 991. The van der Waals surface area contributed by atoms with Gasteiger partial charge in [0.15, 0.2) is 5.76 Å². The van der Waals surface area contributed by atoms with E-state index >= 15 is 0 Å². The third kappa shape index (κ3) is 4.41. The first-order valence-electron chi connectivity index (χ1n) is 8.24. The van der Waals surface area contributed by atoms with Crippen molar-refractivity contribution in [2.45, 2.75) is 20.5 Å². The first kappa shape index (κ1) is 18.4. The number of amides is 1. The van der Waals surface area contributed by atoms with Crippen molar-refractivity contribution in [1.29, 1.82) is 0 Å². The normalized spacial score (nSPS) is 11.1. The van der Waals surface area contributed by atoms with Crippen LogP contribution in [-0.4, -0.2) is 21.9 Å². The lowest BCUT2D eigenvalue weighted by Gasteiger charge is -2.04. The molecule has 1 N–H and O–H groups in total. The van der Waals surface area contributed by atoms with E-state index in [9.17, 15) is 9.18 Å². The van der Waals surface area contributed by atoms with Gasteiger partial charge in [0.2, 0.25) is 5.95 Å². The van der Waals surface area contributed by atoms with Crippen LogP contribution in [0.5, 0.6) is 5.75 Å². The summed E-state index contributed by atoms with van der Waals surface area (Å²) in [4.78, 5) is 12.1. The summed E-state index contributed by atoms with van der Waals surface area (Å²) in [6, 6.07) is 10.8. The number of aryl methyl sites for hydroxylation is 3. The average Bonchev–Trinajstić information content (AvgIpc) is 3.20. The van der Waals surface area contributed by atoms with Gasteiger partial charge in [-0.05, 0) is 43.7 Å². The first-order valence-corrected chi connectivity index (χ1v) is 8.24. The van der Waals surface area contributed by atoms with E-state index in [0.717, 1.165) is 16.0 Å². The van der Waals surface area contributed by atoms with E-state index in [2.05, 4.69) is 15.6 Å². The summed E-state index contributed by atoms with van der Waals surface area (Å²) in [5, 5.41) is 7.68. The van der Waals surface area contributed by atoms with Crippen LogP contribution in [0.4, 0.5) is 4.39 Å². The molecule has 1 aromatic carbocycles. The van der Waals surface area contributed by atoms with Gasteiger partial charge in [0.1, 0.15) is 18.1 Å². The van der Waals surface area contributed by atoms with Crippen LogP contribution in [0.1, 0.15) is 33.1 Å². The molecule has 7 nitrogen and oxygen atoms in total. The minimum Gasteiger partial charge on any atom is -0.486 e. The highest BCUT2D eigenvalue weighted by molar-refractivity contribution is 5.92. The molecular weight excluding hydrogens is 351 g/mol. The fraction of sp³-hybridized carbons (Fsp3) is 0.211. The topological polar surface area (TPSA) is 81.6 Å². The van der Waals surface area contributed by atoms with E-state index in [1.807, 2.05) is 31.2 Å². The van der Waals surface area contributed by atoms with Crippen molar-refractivity contribution in [2.24, 2.45) is 12.1 Å². The molecule has 0 bridgehead atoms. The number of hydrogen-bond acceptors (Lipinski definition) is 5. The van der Waals surface area contributed by atoms with Crippen molar-refractivity contribution in [2.75, 3.05) is 0 Å². The average molecular weight is 370 g/mol. The van der Waals surface area contributed by atoms with E-state index in [1.165, 1.54) is 19.3 Å². The highest BCUT2D eigenvalue weighted by Gasteiger charge is 2.13. The number of furan rings is 1. The predicted molar refractivity (Wildman–Crippen MR) is 97.2 cm³/mol. The van der Waals surface area contributed by atoms with Crippen molar-refractivity contribution < 1.29 is 18.3 Å². The van der Waals surface area contributed by atoms with Crippen LogP contribution in [-0.2, 0) is 13.7 Å². The van der Waals surface area contributed by atoms with Gasteiger partial charge in [-0.2, -0.15) is 14.6 Å². The molecule has 2 heterocycles. The summed E-state index contributed by atoms with van der Waals surface area (Å²) in [5.74, 6) is 0.225. The van der Waals surface area contributed by atoms with Crippen LogP contribution in [0.15, 0.2) is 45.9 Å². The molecule has 0 atom stereocenters. The Labute approximate surface area is 155 Å². The van der Waals surface area contributed by atoms with Gasteiger partial charge in [0, 0.05) is 7.05 Å². The van der Waals surface area contributed by atoms with Gasteiger partial charge < -0.3 is 9.15 Å². The number of aromatic nitrogens is 2. The predicted octanol–water partition coefficient (Wildman–Crippen LogP) is 3.11. The third-order valence-electron chi connectivity index (χ3n) is 3.81. The SMILES string of the molecule is Cc1cccc(OCc2ccc(C(=O)NN=Cc3c(C)nn(C)c3F)o2)c1. The Hall–Kier alpha value is -3.42. The summed E-state index contributed by atoms with van der Waals surface area (Å²) >= 11 is 0. The van der Waals surface area contributed by atoms with E-state index in [4.69, 9.17) is 9.15 Å². The van der Waals surface area contributed by atoms with Crippen LogP contribution in [0, 0.1) is 19.8 Å². The second kappa shape index (κ2) is 7.86. The number of nitrogens with zero attached hydrogens (tertiary/aromatic N) is 3. The molecule has 0 spiro atoms. The smallest absolute Gasteiger partial charge is 0.307 e. The number of benzene rings is 1. The molecule has 1 amide bonds. The standard InChI is InChI=1S/C19H19FN4O3/c1-12-5-4-6-14(9-12)26-11-15-7-8-17(27-15)19(25)22-21-10-16-13(2)23-24(3)18(16)20/h4-10H,11H2,1-3H3,(H,22,25). The molecule has 27 heavy (non-hydrogen) atoms. The minimum atomic E-state index is -0.546. The molecule has 140 valence electrons. The molecule has 0 radical (unpaired) electrons. The van der Waals surface area contributed by atoms with Crippen LogP contribution in [0.3, 0.4) is 0 Å². The van der Waals surface area contributed by atoms with Crippen LogP contribution < -0.4 is 10.2 Å². The van der Waals surface area contributed by atoms with E-state index in [1.54, 1.807) is 13.0 Å². The zero-order valence-electron chi connectivity index (χ0n) is 15.2. The van der Waals surface area contributed by atoms with Gasteiger partial charge in [0.05, 0.1) is 17.5 Å². The van der Waals surface area contributed by atoms with E-state index in [0.29, 0.717) is 11.5 Å². The lowest BCUT2D eigenvalue weighted by atomic mass is 10.2. The largest absolute Gasteiger partial charge is 0.486 e. The Balaban J connectivity index is 1.57.